The monoisotopic (exact) mass is 608 g/mol. The fraction of sp³-hybridized carbons (Fsp3) is 0.194. The molecule has 7 nitrogen and oxygen atoms in total. The van der Waals surface area contributed by atoms with E-state index in [4.69, 9.17) is 37.4 Å². The van der Waals surface area contributed by atoms with E-state index >= 15 is 0 Å². The van der Waals surface area contributed by atoms with Gasteiger partial charge in [0.15, 0.2) is 16.3 Å². The topological polar surface area (TPSA) is 79.1 Å². The van der Waals surface area contributed by atoms with Crippen LogP contribution in [0.2, 0.25) is 10.0 Å². The first-order chi connectivity index (χ1) is 19.8. The molecular formula is C31H26Cl2N2O5S. The molecule has 0 radical (unpaired) electrons. The second-order valence-electron chi connectivity index (χ2n) is 9.15. The quantitative estimate of drug-likeness (QED) is 0.240. The number of fused-ring (bicyclic) bond motifs is 1. The summed E-state index contributed by atoms with van der Waals surface area (Å²) in [7, 11) is 1.32. The zero-order chi connectivity index (χ0) is 29.1. The lowest BCUT2D eigenvalue weighted by molar-refractivity contribution is -0.136. The van der Waals surface area contributed by atoms with Crippen LogP contribution in [0.25, 0.3) is 6.08 Å². The van der Waals surface area contributed by atoms with Crippen LogP contribution in [-0.2, 0) is 16.1 Å². The SMILES string of the molecule is CCOc1cc(/C=c2\sc3n(c2=O)[C@@H](c2ccccc2)C(C(=O)OC)=C(C)N=3)ccc1OCc1ccc(Cl)cc1Cl. The normalized spacial score (nSPS) is 14.9. The van der Waals surface area contributed by atoms with Crippen LogP contribution in [0.15, 0.2) is 87.8 Å². The number of hydrogen-bond donors (Lipinski definition) is 0. The summed E-state index contributed by atoms with van der Waals surface area (Å²) in [5.41, 5.74) is 2.91. The Balaban J connectivity index is 1.54. The second-order valence-corrected chi connectivity index (χ2v) is 11.0. The molecule has 1 aromatic heterocycles. The summed E-state index contributed by atoms with van der Waals surface area (Å²) < 4.78 is 19.0. The summed E-state index contributed by atoms with van der Waals surface area (Å²) in [6.07, 6.45) is 1.78. The predicted molar refractivity (Wildman–Crippen MR) is 161 cm³/mol. The lowest BCUT2D eigenvalue weighted by Crippen LogP contribution is -2.39. The van der Waals surface area contributed by atoms with Crippen LogP contribution in [0, 0.1) is 0 Å². The van der Waals surface area contributed by atoms with Gasteiger partial charge in [0.2, 0.25) is 0 Å². The van der Waals surface area contributed by atoms with Crippen molar-refractivity contribution in [2.45, 2.75) is 26.5 Å². The number of benzene rings is 3. The molecule has 0 amide bonds. The van der Waals surface area contributed by atoms with Crippen molar-refractivity contribution in [1.29, 1.82) is 0 Å². The van der Waals surface area contributed by atoms with Crippen molar-refractivity contribution in [3.63, 3.8) is 0 Å². The van der Waals surface area contributed by atoms with Crippen LogP contribution >= 0.6 is 34.5 Å². The zero-order valence-corrected chi connectivity index (χ0v) is 24.8. The van der Waals surface area contributed by atoms with Crippen LogP contribution in [0.5, 0.6) is 11.5 Å². The van der Waals surface area contributed by atoms with Crippen molar-refractivity contribution in [2.24, 2.45) is 4.99 Å². The molecule has 41 heavy (non-hydrogen) atoms. The number of carbonyl (C=O) groups excluding carboxylic acids is 1. The maximum Gasteiger partial charge on any atom is 0.338 e. The van der Waals surface area contributed by atoms with Gasteiger partial charge in [-0.2, -0.15) is 0 Å². The summed E-state index contributed by atoms with van der Waals surface area (Å²) in [5.74, 6) is 0.551. The predicted octanol–water partition coefficient (Wildman–Crippen LogP) is 5.69. The molecule has 10 heteroatoms. The molecule has 1 aliphatic heterocycles. The molecule has 0 aliphatic carbocycles. The highest BCUT2D eigenvalue weighted by Crippen LogP contribution is 2.32. The zero-order valence-electron chi connectivity index (χ0n) is 22.5. The van der Waals surface area contributed by atoms with Gasteiger partial charge in [0.25, 0.3) is 5.56 Å². The molecule has 4 aromatic rings. The number of allylic oxidation sites excluding steroid dienone is 1. The van der Waals surface area contributed by atoms with Crippen LogP contribution in [0.1, 0.15) is 36.6 Å². The van der Waals surface area contributed by atoms with E-state index in [1.54, 1.807) is 35.8 Å². The van der Waals surface area contributed by atoms with Crippen LogP contribution in [0.3, 0.4) is 0 Å². The highest BCUT2D eigenvalue weighted by Gasteiger charge is 2.32. The van der Waals surface area contributed by atoms with E-state index in [2.05, 4.69) is 4.99 Å². The summed E-state index contributed by atoms with van der Waals surface area (Å²) in [4.78, 5) is 31.7. The van der Waals surface area contributed by atoms with Gasteiger partial charge in [0.05, 0.1) is 35.6 Å². The number of carbonyl (C=O) groups is 1. The third kappa shape index (κ3) is 5.95. The lowest BCUT2D eigenvalue weighted by Gasteiger charge is -2.24. The Labute approximate surface area is 250 Å². The lowest BCUT2D eigenvalue weighted by atomic mass is 9.96. The summed E-state index contributed by atoms with van der Waals surface area (Å²) in [6, 6.07) is 19.4. The van der Waals surface area contributed by atoms with Crippen LogP contribution < -0.4 is 24.4 Å². The second kappa shape index (κ2) is 12.3. The minimum atomic E-state index is -0.656. The van der Waals surface area contributed by atoms with E-state index in [-0.39, 0.29) is 12.2 Å². The van der Waals surface area contributed by atoms with Crippen molar-refractivity contribution in [3.8, 4) is 11.5 Å². The molecule has 0 unspecified atom stereocenters. The molecule has 0 fully saturated rings. The maximum absolute atomic E-state index is 13.8. The number of esters is 1. The highest BCUT2D eigenvalue weighted by molar-refractivity contribution is 7.07. The van der Waals surface area contributed by atoms with Crippen molar-refractivity contribution in [3.05, 3.63) is 124 Å². The Bertz CT molecular complexity index is 1830. The first kappa shape index (κ1) is 28.7. The van der Waals surface area contributed by atoms with E-state index < -0.39 is 12.0 Å². The molecule has 1 aliphatic rings. The molecule has 5 rings (SSSR count). The maximum atomic E-state index is 13.8. The third-order valence-corrected chi connectivity index (χ3v) is 8.08. The molecule has 0 saturated carbocycles. The van der Waals surface area contributed by atoms with Crippen molar-refractivity contribution >= 4 is 46.6 Å². The molecule has 1 atom stereocenters. The van der Waals surface area contributed by atoms with Gasteiger partial charge in [-0.05, 0) is 55.3 Å². The van der Waals surface area contributed by atoms with Crippen molar-refractivity contribution < 1.29 is 19.0 Å². The Kier molecular flexibility index (Phi) is 8.63. The number of rotatable bonds is 8. The molecular weight excluding hydrogens is 583 g/mol. The minimum Gasteiger partial charge on any atom is -0.490 e. The average Bonchev–Trinajstić information content (AvgIpc) is 3.26. The van der Waals surface area contributed by atoms with Gasteiger partial charge in [-0.3, -0.25) is 9.36 Å². The van der Waals surface area contributed by atoms with E-state index in [9.17, 15) is 9.59 Å². The van der Waals surface area contributed by atoms with Gasteiger partial charge in [-0.15, -0.1) is 0 Å². The molecule has 2 heterocycles. The number of thiazole rings is 1. The summed E-state index contributed by atoms with van der Waals surface area (Å²) in [5, 5.41) is 1.07. The number of ether oxygens (including phenoxy) is 3. The fourth-order valence-corrected chi connectivity index (χ4v) is 6.10. The smallest absolute Gasteiger partial charge is 0.338 e. The highest BCUT2D eigenvalue weighted by atomic mass is 35.5. The first-order valence-corrected chi connectivity index (χ1v) is 14.4. The molecule has 0 bridgehead atoms. The standard InChI is InChI=1S/C31H26Cl2N2O5S/c1-4-39-25-14-19(10-13-24(25)40-17-21-11-12-22(32)16-23(21)33)15-26-29(36)35-28(20-8-6-5-7-9-20)27(30(37)38-3)18(2)34-31(35)41-26/h5-16,28H,4,17H2,1-3H3/b26-15-/t28-/m0/s1. The molecule has 0 spiro atoms. The van der Waals surface area contributed by atoms with Gasteiger partial charge in [0, 0.05) is 15.6 Å². The number of aromatic nitrogens is 1. The molecule has 0 N–H and O–H groups in total. The molecule has 210 valence electrons. The Morgan fingerprint density at radius 1 is 1.05 bits per heavy atom. The fourth-order valence-electron chi connectivity index (χ4n) is 4.59. The van der Waals surface area contributed by atoms with Gasteiger partial charge in [-0.25, -0.2) is 9.79 Å². The molecule has 3 aromatic carbocycles. The third-order valence-electron chi connectivity index (χ3n) is 6.51. The minimum absolute atomic E-state index is 0.232. The van der Waals surface area contributed by atoms with Crippen LogP contribution in [0.4, 0.5) is 0 Å². The van der Waals surface area contributed by atoms with E-state index in [0.29, 0.717) is 48.8 Å². The van der Waals surface area contributed by atoms with Gasteiger partial charge < -0.3 is 14.2 Å². The number of nitrogens with zero attached hydrogens (tertiary/aromatic N) is 2. The Morgan fingerprint density at radius 3 is 2.54 bits per heavy atom. The van der Waals surface area contributed by atoms with Gasteiger partial charge >= 0.3 is 5.97 Å². The van der Waals surface area contributed by atoms with Gasteiger partial charge in [-0.1, -0.05) is 77.0 Å². The van der Waals surface area contributed by atoms with E-state index in [1.807, 2.05) is 55.5 Å². The largest absolute Gasteiger partial charge is 0.490 e. The number of hydrogen-bond acceptors (Lipinski definition) is 7. The Morgan fingerprint density at radius 2 is 1.83 bits per heavy atom. The van der Waals surface area contributed by atoms with Crippen molar-refractivity contribution in [2.75, 3.05) is 13.7 Å². The van der Waals surface area contributed by atoms with E-state index in [1.165, 1.54) is 18.4 Å². The van der Waals surface area contributed by atoms with E-state index in [0.717, 1.165) is 16.7 Å². The number of methoxy groups -OCH3 is 1. The number of halogens is 2. The van der Waals surface area contributed by atoms with Crippen LogP contribution in [-0.4, -0.2) is 24.3 Å². The Hall–Kier alpha value is -3.85. The molecule has 0 saturated heterocycles. The summed E-state index contributed by atoms with van der Waals surface area (Å²) >= 11 is 13.6. The first-order valence-electron chi connectivity index (χ1n) is 12.8. The summed E-state index contributed by atoms with van der Waals surface area (Å²) in [6.45, 7) is 4.30. The van der Waals surface area contributed by atoms with Crippen molar-refractivity contribution in [1.82, 2.24) is 4.57 Å². The van der Waals surface area contributed by atoms with Gasteiger partial charge in [0.1, 0.15) is 6.61 Å². The average molecular weight is 610 g/mol.